The highest BCUT2D eigenvalue weighted by atomic mass is 32.1. The van der Waals surface area contributed by atoms with Gasteiger partial charge in [-0.05, 0) is 30.8 Å². The lowest BCUT2D eigenvalue weighted by atomic mass is 10.3. The highest BCUT2D eigenvalue weighted by Gasteiger charge is 2.10. The first-order valence-electron chi connectivity index (χ1n) is 7.34. The van der Waals surface area contributed by atoms with Crippen LogP contribution in [-0.2, 0) is 17.8 Å². The van der Waals surface area contributed by atoms with Gasteiger partial charge in [-0.25, -0.2) is 0 Å². The number of carbonyl (C=O) groups is 2. The molecule has 0 bridgehead atoms. The molecule has 2 amide bonds. The van der Waals surface area contributed by atoms with Crippen molar-refractivity contribution in [2.45, 2.75) is 26.3 Å². The van der Waals surface area contributed by atoms with Crippen LogP contribution in [0.15, 0.2) is 22.8 Å². The molecule has 2 heterocycles. The van der Waals surface area contributed by atoms with Crippen molar-refractivity contribution >= 4 is 24.0 Å². The first kappa shape index (κ1) is 16.9. The number of aromatic amines is 1. The minimum Gasteiger partial charge on any atom is -0.459 e. The Morgan fingerprint density at radius 1 is 1.39 bits per heavy atom. The Morgan fingerprint density at radius 2 is 2.17 bits per heavy atom. The third-order valence-corrected chi connectivity index (χ3v) is 3.40. The Labute approximate surface area is 138 Å². The van der Waals surface area contributed by atoms with Crippen molar-refractivity contribution in [2.75, 3.05) is 13.1 Å². The monoisotopic (exact) mass is 337 g/mol. The Kier molecular flexibility index (Phi) is 6.10. The summed E-state index contributed by atoms with van der Waals surface area (Å²) in [6.45, 7) is 2.77. The Bertz CT molecular complexity index is 704. The van der Waals surface area contributed by atoms with Gasteiger partial charge in [0.15, 0.2) is 10.5 Å². The quantitative estimate of drug-likeness (QED) is 0.493. The predicted molar refractivity (Wildman–Crippen MR) is 85.5 cm³/mol. The average Bonchev–Trinajstić information content (AvgIpc) is 3.17. The highest BCUT2D eigenvalue weighted by Crippen LogP contribution is 2.01. The molecule has 0 aliphatic heterocycles. The molecule has 2 aromatic heterocycles. The summed E-state index contributed by atoms with van der Waals surface area (Å²) in [6, 6.07) is 3.21. The molecule has 0 aliphatic carbocycles. The second-order valence-electron chi connectivity index (χ2n) is 4.86. The van der Waals surface area contributed by atoms with Gasteiger partial charge in [0.25, 0.3) is 5.91 Å². The van der Waals surface area contributed by atoms with Crippen LogP contribution in [0.4, 0.5) is 0 Å². The number of furan rings is 1. The van der Waals surface area contributed by atoms with E-state index in [1.165, 1.54) is 6.26 Å². The van der Waals surface area contributed by atoms with E-state index in [1.54, 1.807) is 16.7 Å². The molecule has 0 saturated heterocycles. The molecule has 8 nitrogen and oxygen atoms in total. The van der Waals surface area contributed by atoms with Gasteiger partial charge in [-0.3, -0.25) is 19.3 Å². The van der Waals surface area contributed by atoms with Crippen molar-refractivity contribution in [1.82, 2.24) is 25.4 Å². The SMILES string of the molecule is CCCc1n[nH]c(=S)n1CC(=O)NCCNC(=O)c1ccco1. The molecule has 0 aliphatic rings. The summed E-state index contributed by atoms with van der Waals surface area (Å²) in [6.07, 6.45) is 3.10. The number of nitrogens with one attached hydrogen (secondary N) is 3. The van der Waals surface area contributed by atoms with E-state index in [1.807, 2.05) is 6.92 Å². The van der Waals surface area contributed by atoms with Crippen molar-refractivity contribution in [3.05, 3.63) is 34.8 Å². The number of nitrogens with zero attached hydrogens (tertiary/aromatic N) is 2. The van der Waals surface area contributed by atoms with Gasteiger partial charge in [-0.2, -0.15) is 5.10 Å². The number of H-pyrrole nitrogens is 1. The number of hydrogen-bond acceptors (Lipinski definition) is 5. The molecule has 2 rings (SSSR count). The first-order valence-corrected chi connectivity index (χ1v) is 7.75. The second-order valence-corrected chi connectivity index (χ2v) is 5.25. The van der Waals surface area contributed by atoms with E-state index in [9.17, 15) is 9.59 Å². The number of rotatable bonds is 8. The van der Waals surface area contributed by atoms with Crippen molar-refractivity contribution in [3.63, 3.8) is 0 Å². The molecule has 0 saturated carbocycles. The standard InChI is InChI=1S/C14H19N5O3S/c1-2-4-11-17-18-14(23)19(11)9-12(20)15-6-7-16-13(21)10-5-3-8-22-10/h3,5,8H,2,4,6-7,9H2,1H3,(H,15,20)(H,16,21)(H,18,23). The maximum atomic E-state index is 11.9. The minimum atomic E-state index is -0.313. The van der Waals surface area contributed by atoms with Crippen molar-refractivity contribution in [1.29, 1.82) is 0 Å². The third kappa shape index (κ3) is 4.78. The van der Waals surface area contributed by atoms with Crippen molar-refractivity contribution < 1.29 is 14.0 Å². The van der Waals surface area contributed by atoms with E-state index in [0.717, 1.165) is 18.7 Å². The van der Waals surface area contributed by atoms with Crippen LogP contribution < -0.4 is 10.6 Å². The van der Waals surface area contributed by atoms with E-state index in [2.05, 4.69) is 20.8 Å². The van der Waals surface area contributed by atoms with Gasteiger partial charge in [0.05, 0.1) is 6.26 Å². The largest absolute Gasteiger partial charge is 0.459 e. The summed E-state index contributed by atoms with van der Waals surface area (Å²) in [5, 5.41) is 12.2. The minimum absolute atomic E-state index is 0.108. The maximum absolute atomic E-state index is 11.9. The van der Waals surface area contributed by atoms with Crippen LogP contribution in [0.3, 0.4) is 0 Å². The van der Waals surface area contributed by atoms with Crippen LogP contribution in [0.2, 0.25) is 0 Å². The number of aromatic nitrogens is 3. The molecule has 0 radical (unpaired) electrons. The smallest absolute Gasteiger partial charge is 0.287 e. The lowest BCUT2D eigenvalue weighted by Gasteiger charge is -2.08. The van der Waals surface area contributed by atoms with Crippen molar-refractivity contribution in [2.24, 2.45) is 0 Å². The fourth-order valence-corrected chi connectivity index (χ4v) is 2.22. The first-order chi connectivity index (χ1) is 11.1. The molecule has 0 atom stereocenters. The normalized spacial score (nSPS) is 10.5. The van der Waals surface area contributed by atoms with Crippen LogP contribution in [0, 0.1) is 4.77 Å². The second kappa shape index (κ2) is 8.28. The number of amides is 2. The summed E-state index contributed by atoms with van der Waals surface area (Å²) in [7, 11) is 0. The average molecular weight is 337 g/mol. The number of carbonyl (C=O) groups excluding carboxylic acids is 2. The van der Waals surface area contributed by atoms with Gasteiger partial charge in [-0.1, -0.05) is 6.92 Å². The molecule has 0 aromatic carbocycles. The van der Waals surface area contributed by atoms with Gasteiger partial charge in [0, 0.05) is 19.5 Å². The molecule has 9 heteroatoms. The van der Waals surface area contributed by atoms with Crippen LogP contribution >= 0.6 is 12.2 Å². The summed E-state index contributed by atoms with van der Waals surface area (Å²) in [5.41, 5.74) is 0. The summed E-state index contributed by atoms with van der Waals surface area (Å²) in [5.74, 6) is 0.502. The fraction of sp³-hybridized carbons (Fsp3) is 0.429. The number of aryl methyl sites for hydroxylation is 1. The zero-order valence-electron chi connectivity index (χ0n) is 12.8. The molecular formula is C14H19N5O3S. The number of hydrogen-bond donors (Lipinski definition) is 3. The van der Waals surface area contributed by atoms with Gasteiger partial charge in [-0.15, -0.1) is 0 Å². The van der Waals surface area contributed by atoms with E-state index < -0.39 is 0 Å². The predicted octanol–water partition coefficient (Wildman–Crippen LogP) is 1.03. The van der Waals surface area contributed by atoms with Crippen LogP contribution in [0.25, 0.3) is 0 Å². The van der Waals surface area contributed by atoms with Crippen LogP contribution in [0.5, 0.6) is 0 Å². The maximum Gasteiger partial charge on any atom is 0.287 e. The van der Waals surface area contributed by atoms with Gasteiger partial charge < -0.3 is 15.1 Å². The molecular weight excluding hydrogens is 318 g/mol. The van der Waals surface area contributed by atoms with Gasteiger partial charge in [0.2, 0.25) is 5.91 Å². The Balaban J connectivity index is 1.74. The summed E-state index contributed by atoms with van der Waals surface area (Å²) >= 11 is 5.12. The topological polar surface area (TPSA) is 105 Å². The van der Waals surface area contributed by atoms with Crippen LogP contribution in [-0.4, -0.2) is 39.7 Å². The third-order valence-electron chi connectivity index (χ3n) is 3.09. The lowest BCUT2D eigenvalue weighted by Crippen LogP contribution is -2.36. The molecule has 2 aromatic rings. The Morgan fingerprint density at radius 3 is 2.87 bits per heavy atom. The summed E-state index contributed by atoms with van der Waals surface area (Å²) in [4.78, 5) is 23.6. The molecule has 0 unspecified atom stereocenters. The van der Waals surface area contributed by atoms with Crippen molar-refractivity contribution in [3.8, 4) is 0 Å². The van der Waals surface area contributed by atoms with Gasteiger partial charge in [0.1, 0.15) is 12.4 Å². The fourth-order valence-electron chi connectivity index (χ4n) is 2.00. The van der Waals surface area contributed by atoms with Gasteiger partial charge >= 0.3 is 0 Å². The Hall–Kier alpha value is -2.42. The van der Waals surface area contributed by atoms with E-state index in [0.29, 0.717) is 17.9 Å². The zero-order valence-corrected chi connectivity index (χ0v) is 13.6. The van der Waals surface area contributed by atoms with E-state index >= 15 is 0 Å². The molecule has 23 heavy (non-hydrogen) atoms. The highest BCUT2D eigenvalue weighted by molar-refractivity contribution is 7.71. The molecule has 0 fully saturated rings. The summed E-state index contributed by atoms with van der Waals surface area (Å²) < 4.78 is 7.07. The zero-order chi connectivity index (χ0) is 16.7. The van der Waals surface area contributed by atoms with Crippen LogP contribution in [0.1, 0.15) is 29.7 Å². The van der Waals surface area contributed by atoms with E-state index in [4.69, 9.17) is 16.6 Å². The molecule has 124 valence electrons. The molecule has 3 N–H and O–H groups in total. The lowest BCUT2D eigenvalue weighted by molar-refractivity contribution is -0.121. The van der Waals surface area contributed by atoms with E-state index in [-0.39, 0.29) is 24.1 Å². The molecule has 0 spiro atoms.